The fraction of sp³-hybridized carbons (Fsp3) is 0.652. The van der Waals surface area contributed by atoms with Crippen molar-refractivity contribution in [3.63, 3.8) is 0 Å². The summed E-state index contributed by atoms with van der Waals surface area (Å²) in [5, 5.41) is 2.51. The van der Waals surface area contributed by atoms with E-state index in [2.05, 4.69) is 165 Å². The van der Waals surface area contributed by atoms with E-state index in [-0.39, 0.29) is 92.3 Å². The van der Waals surface area contributed by atoms with Gasteiger partial charge in [-0.25, -0.2) is 0 Å². The van der Waals surface area contributed by atoms with Gasteiger partial charge in [0.2, 0.25) is 0 Å². The minimum Gasteiger partial charge on any atom is -0.406 e. The van der Waals surface area contributed by atoms with E-state index in [0.717, 1.165) is 36.3 Å². The molecule has 3 aliphatic carbocycles. The molecule has 0 heterocycles. The summed E-state index contributed by atoms with van der Waals surface area (Å²) < 4.78 is 0. The Bertz CT molecular complexity index is 1020. The molecule has 2 aromatic carbocycles. The van der Waals surface area contributed by atoms with Gasteiger partial charge in [-0.1, -0.05) is 110 Å². The molecular formula is C46H84B2Li4N6P2. The van der Waals surface area contributed by atoms with E-state index in [1.165, 1.54) is 87.7 Å². The molecular weight excluding hydrogens is 748 g/mol. The van der Waals surface area contributed by atoms with Crippen molar-refractivity contribution in [3.05, 3.63) is 87.3 Å². The number of benzene rings is 2. The number of rotatable bonds is 8. The summed E-state index contributed by atoms with van der Waals surface area (Å²) in [5.41, 5.74) is 0. The Kier molecular flexibility index (Phi) is 51.2. The second kappa shape index (κ2) is 42.0. The van der Waals surface area contributed by atoms with Crippen LogP contribution in [0, 0.1) is 26.7 Å². The summed E-state index contributed by atoms with van der Waals surface area (Å²) in [4.78, 5) is 14.3. The van der Waals surface area contributed by atoms with E-state index in [1.807, 2.05) is 36.4 Å². The summed E-state index contributed by atoms with van der Waals surface area (Å²) in [6.45, 7) is 15.4. The molecule has 318 valence electrons. The van der Waals surface area contributed by atoms with Crippen LogP contribution < -0.4 is 86.1 Å². The summed E-state index contributed by atoms with van der Waals surface area (Å²) in [6, 6.07) is 24.9. The van der Waals surface area contributed by atoms with Crippen molar-refractivity contribution >= 4 is 43.3 Å². The molecule has 5 rings (SSSR count). The quantitative estimate of drug-likeness (QED) is 0.154. The zero-order chi connectivity index (χ0) is 40.8. The fourth-order valence-corrected chi connectivity index (χ4v) is 9.35. The second-order valence-corrected chi connectivity index (χ2v) is 20.0. The molecule has 3 aliphatic rings. The van der Waals surface area contributed by atoms with Crippen molar-refractivity contribution in [2.45, 2.75) is 113 Å². The van der Waals surface area contributed by atoms with Crippen LogP contribution in [-0.4, -0.2) is 167 Å². The first-order valence-electron chi connectivity index (χ1n) is 20.4. The molecule has 3 fully saturated rings. The van der Waals surface area contributed by atoms with E-state index in [1.54, 1.807) is 0 Å². The molecule has 2 aromatic rings. The zero-order valence-electron chi connectivity index (χ0n) is 42.3. The maximum Gasteiger partial charge on any atom is 1.00 e. The predicted molar refractivity (Wildman–Crippen MR) is 259 cm³/mol. The fourth-order valence-electron chi connectivity index (χ4n) is 8.17. The van der Waals surface area contributed by atoms with Crippen LogP contribution in [0.1, 0.15) is 77.0 Å². The largest absolute Gasteiger partial charge is 1.00 e. The molecule has 3 saturated carbocycles. The number of hydrogen-bond acceptors (Lipinski definition) is 6. The maximum atomic E-state index is 3.86. The van der Waals surface area contributed by atoms with E-state index >= 15 is 0 Å². The molecule has 14 heteroatoms. The summed E-state index contributed by atoms with van der Waals surface area (Å²) in [6.07, 6.45) is 16.7. The van der Waals surface area contributed by atoms with Crippen molar-refractivity contribution in [1.29, 1.82) is 0 Å². The smallest absolute Gasteiger partial charge is 0.406 e. The molecule has 0 spiro atoms. The van der Waals surface area contributed by atoms with E-state index in [0.29, 0.717) is 0 Å². The number of likely N-dealkylation sites (N-methyl/N-ethyl adjacent to an activating group) is 6. The Morgan fingerprint density at radius 3 is 0.583 bits per heavy atom. The minimum absolute atomic E-state index is 0. The van der Waals surface area contributed by atoms with E-state index in [4.69, 9.17) is 0 Å². The Morgan fingerprint density at radius 1 is 0.333 bits per heavy atom. The Labute approximate surface area is 429 Å². The molecule has 0 amide bonds. The SMILES string of the molecule is CN(C)[C@@H]1CCCC[C@H]1N(C)C.CN(C)[C@@H]1CCCC[C@H]1N(C)C.CN(C)[C@@H]1CCCC[C@H]1N(C)C.[B].[B].[CH2-]P([CH2-])c1ccccc1.[CH2-]P([CH2-])c1ccccc1.[Li+].[Li+].[Li+].[Li+]. The topological polar surface area (TPSA) is 19.4 Å². The molecule has 60 heavy (non-hydrogen) atoms. The predicted octanol–water partition coefficient (Wildman–Crippen LogP) is -3.73. The average molecular weight is 833 g/mol. The number of nitrogens with zero attached hydrogens (tertiary/aromatic N) is 6. The molecule has 6 nitrogen and oxygen atoms in total. The maximum absolute atomic E-state index is 3.86. The Hall–Kier alpha value is 1.58. The van der Waals surface area contributed by atoms with Gasteiger partial charge in [-0.15, -0.1) is 0 Å². The molecule has 0 unspecified atom stereocenters. The third kappa shape index (κ3) is 30.0. The molecule has 6 atom stereocenters. The van der Waals surface area contributed by atoms with Gasteiger partial charge in [0, 0.05) is 53.1 Å². The summed E-state index contributed by atoms with van der Waals surface area (Å²) in [5.74, 6) is 0. The normalized spacial score (nSPS) is 21.9. The first-order valence-corrected chi connectivity index (χ1v) is 23.8. The summed E-state index contributed by atoms with van der Waals surface area (Å²) >= 11 is 0. The van der Waals surface area contributed by atoms with Gasteiger partial charge in [-0.2, -0.15) is 0 Å². The molecule has 0 saturated heterocycles. The third-order valence-electron chi connectivity index (χ3n) is 11.3. The molecule has 6 radical (unpaired) electrons. The van der Waals surface area contributed by atoms with Gasteiger partial charge in [0.05, 0.1) is 0 Å². The van der Waals surface area contributed by atoms with Crippen LogP contribution >= 0.6 is 15.8 Å². The van der Waals surface area contributed by atoms with Crippen LogP contribution in [-0.2, 0) is 0 Å². The van der Waals surface area contributed by atoms with Crippen LogP contribution in [0.5, 0.6) is 0 Å². The summed E-state index contributed by atoms with van der Waals surface area (Å²) in [7, 11) is 25.6. The van der Waals surface area contributed by atoms with Crippen molar-refractivity contribution < 1.29 is 75.4 Å². The average Bonchev–Trinajstić information content (AvgIpc) is 3.16. The first kappa shape index (κ1) is 73.2. The van der Waals surface area contributed by atoms with Gasteiger partial charge >= 0.3 is 75.4 Å². The van der Waals surface area contributed by atoms with Crippen molar-refractivity contribution in [1.82, 2.24) is 29.4 Å². The third-order valence-corrected chi connectivity index (χ3v) is 13.4. The van der Waals surface area contributed by atoms with Gasteiger partial charge in [-0.05, 0) is 123 Å². The van der Waals surface area contributed by atoms with Gasteiger partial charge in [-0.3, -0.25) is 0 Å². The molecule has 0 aromatic heterocycles. The molecule has 0 aliphatic heterocycles. The standard InChI is InChI=1S/3C10H22N2.2C8H9P.2B.4Li/c3*1-11(2)9-7-5-6-8-10(9)12(3)4;2*1-9(2)8-6-4-3-5-7-8;;;;;;/h3*9-10H,5-8H2,1-4H3;2*3-7H,1-2H2;;;;;;/q;;;2*-2;;;4*+1/t3*9-,10-;;;;;;;;/m111......../s1. The molecule has 0 bridgehead atoms. The van der Waals surface area contributed by atoms with Gasteiger partial charge < -0.3 is 71.9 Å². The monoisotopic (exact) mass is 833 g/mol. The van der Waals surface area contributed by atoms with Crippen LogP contribution in [0.15, 0.2) is 60.7 Å². The Balaban J connectivity index is -0.000000149. The van der Waals surface area contributed by atoms with Gasteiger partial charge in [0.1, 0.15) is 0 Å². The van der Waals surface area contributed by atoms with Crippen LogP contribution in [0.2, 0.25) is 0 Å². The van der Waals surface area contributed by atoms with Crippen molar-refractivity contribution in [3.8, 4) is 0 Å². The number of hydrogen-bond donors (Lipinski definition) is 0. The zero-order valence-corrected chi connectivity index (χ0v) is 44.1. The van der Waals surface area contributed by atoms with Crippen LogP contribution in [0.4, 0.5) is 0 Å². The van der Waals surface area contributed by atoms with E-state index < -0.39 is 15.8 Å². The molecule has 0 N–H and O–H groups in total. The second-order valence-electron chi connectivity index (χ2n) is 16.8. The van der Waals surface area contributed by atoms with Crippen molar-refractivity contribution in [2.75, 3.05) is 84.6 Å². The minimum atomic E-state index is -0.396. The van der Waals surface area contributed by atoms with Crippen LogP contribution in [0.3, 0.4) is 0 Å². The van der Waals surface area contributed by atoms with Crippen molar-refractivity contribution in [2.24, 2.45) is 0 Å². The van der Waals surface area contributed by atoms with Crippen LogP contribution in [0.25, 0.3) is 0 Å². The first-order chi connectivity index (χ1) is 25.5. The Morgan fingerprint density at radius 2 is 0.483 bits per heavy atom. The van der Waals surface area contributed by atoms with Gasteiger partial charge in [0.25, 0.3) is 0 Å². The van der Waals surface area contributed by atoms with E-state index in [9.17, 15) is 0 Å². The van der Waals surface area contributed by atoms with Gasteiger partial charge in [0.15, 0.2) is 0 Å².